The predicted molar refractivity (Wildman–Crippen MR) is 80.4 cm³/mol. The molecule has 1 aromatic heterocycles. The van der Waals surface area contributed by atoms with E-state index in [1.165, 1.54) is 0 Å². The number of benzene rings is 1. The average molecular weight is 434 g/mol. The summed E-state index contributed by atoms with van der Waals surface area (Å²) in [5.74, 6) is -1.83. The normalized spacial score (nSPS) is 13.0. The molecule has 14 heteroatoms. The average Bonchev–Trinajstić information content (AvgIpc) is 2.49. The Kier molecular flexibility index (Phi) is 5.00. The van der Waals surface area contributed by atoms with Crippen molar-refractivity contribution in [3.05, 3.63) is 56.1 Å². The smallest absolute Gasteiger partial charge is 0.292 e. The Morgan fingerprint density at radius 2 is 1.46 bits per heavy atom. The van der Waals surface area contributed by atoms with E-state index in [1.807, 2.05) is 0 Å². The predicted octanol–water partition coefficient (Wildman–Crippen LogP) is 2.12. The van der Waals surface area contributed by atoms with Crippen LogP contribution in [0.1, 0.15) is 11.3 Å². The zero-order valence-corrected chi connectivity index (χ0v) is 14.6. The fourth-order valence-corrected chi connectivity index (χ4v) is 3.26. The fraction of sp³-hybridized carbons (Fsp3) is 0.286. The van der Waals surface area contributed by atoms with E-state index in [4.69, 9.17) is 0 Å². The van der Waals surface area contributed by atoms with E-state index in [0.29, 0.717) is 13.3 Å². The van der Waals surface area contributed by atoms with E-state index in [9.17, 15) is 48.7 Å². The third kappa shape index (κ3) is 3.81. The summed E-state index contributed by atoms with van der Waals surface area (Å²) in [6.07, 6.45) is -10.1. The monoisotopic (exact) mass is 434 g/mol. The minimum atomic E-state index is -5.30. The van der Waals surface area contributed by atoms with Gasteiger partial charge in [-0.25, -0.2) is 22.2 Å². The highest BCUT2D eigenvalue weighted by molar-refractivity contribution is 7.90. The van der Waals surface area contributed by atoms with Gasteiger partial charge in [0.1, 0.15) is 11.5 Å². The third-order valence-electron chi connectivity index (χ3n) is 3.61. The number of hydrogen-bond donors (Lipinski definition) is 0. The van der Waals surface area contributed by atoms with Gasteiger partial charge in [-0.3, -0.25) is 9.36 Å². The molecule has 1 aromatic carbocycles. The molecule has 0 unspecified atom stereocenters. The number of alkyl halides is 6. The van der Waals surface area contributed by atoms with Crippen LogP contribution >= 0.6 is 0 Å². The molecule has 0 radical (unpaired) electrons. The van der Waals surface area contributed by atoms with Gasteiger partial charge in [0.25, 0.3) is 5.56 Å². The first-order valence-corrected chi connectivity index (χ1v) is 8.87. The van der Waals surface area contributed by atoms with Gasteiger partial charge in [0.15, 0.2) is 9.84 Å². The second-order valence-corrected chi connectivity index (χ2v) is 7.60. The quantitative estimate of drug-likeness (QED) is 0.536. The van der Waals surface area contributed by atoms with Crippen molar-refractivity contribution in [1.29, 1.82) is 0 Å². The van der Waals surface area contributed by atoms with Crippen LogP contribution < -0.4 is 11.2 Å². The lowest BCUT2D eigenvalue weighted by Crippen LogP contribution is -2.41. The first-order valence-electron chi connectivity index (χ1n) is 6.97. The lowest BCUT2D eigenvalue weighted by molar-refractivity contribution is -0.144. The molecule has 2 aromatic rings. The molecule has 0 aliphatic heterocycles. The van der Waals surface area contributed by atoms with Crippen LogP contribution in [0.3, 0.4) is 0 Å². The van der Waals surface area contributed by atoms with Crippen molar-refractivity contribution in [1.82, 2.24) is 9.13 Å². The van der Waals surface area contributed by atoms with Crippen LogP contribution in [0.2, 0.25) is 0 Å². The minimum absolute atomic E-state index is 0.0708. The first kappa shape index (κ1) is 21.7. The Labute approximate surface area is 151 Å². The Morgan fingerprint density at radius 3 is 1.89 bits per heavy atom. The van der Waals surface area contributed by atoms with Crippen LogP contribution in [0.15, 0.2) is 32.7 Å². The van der Waals surface area contributed by atoms with E-state index in [-0.39, 0.29) is 27.3 Å². The maximum Gasteiger partial charge on any atom is 0.431 e. The molecular weight excluding hydrogens is 425 g/mol. The Balaban J connectivity index is 2.98. The van der Waals surface area contributed by atoms with Crippen LogP contribution in [-0.4, -0.2) is 23.8 Å². The molecule has 0 atom stereocenters. The first-order chi connectivity index (χ1) is 12.5. The van der Waals surface area contributed by atoms with Crippen molar-refractivity contribution in [2.45, 2.75) is 17.2 Å². The number of halogens is 7. The standard InChI is InChI=1S/C14H9F7N2O4S/c1-22-10(14(19,20)21)5-11(24)23(12(22)25)8-4-9(28(2,26)27)6(3-7(8)15)13(16,17)18/h3-5H,1-2H3. The van der Waals surface area contributed by atoms with Crippen LogP contribution in [0.4, 0.5) is 30.7 Å². The number of nitrogens with zero attached hydrogens (tertiary/aromatic N) is 2. The van der Waals surface area contributed by atoms with E-state index in [1.54, 1.807) is 0 Å². The zero-order valence-electron chi connectivity index (χ0n) is 13.8. The van der Waals surface area contributed by atoms with Gasteiger partial charge >= 0.3 is 18.0 Å². The summed E-state index contributed by atoms with van der Waals surface area (Å²) < 4.78 is 115. The molecule has 6 nitrogen and oxygen atoms in total. The highest BCUT2D eigenvalue weighted by Crippen LogP contribution is 2.36. The molecular formula is C14H9F7N2O4S. The molecule has 154 valence electrons. The summed E-state index contributed by atoms with van der Waals surface area (Å²) in [5.41, 5.74) is -8.28. The number of hydrogen-bond acceptors (Lipinski definition) is 4. The molecule has 28 heavy (non-hydrogen) atoms. The lowest BCUT2D eigenvalue weighted by atomic mass is 10.2. The minimum Gasteiger partial charge on any atom is -0.292 e. The Morgan fingerprint density at radius 1 is 0.929 bits per heavy atom. The van der Waals surface area contributed by atoms with Crippen molar-refractivity contribution in [2.24, 2.45) is 7.05 Å². The van der Waals surface area contributed by atoms with Crippen LogP contribution in [-0.2, 0) is 29.2 Å². The van der Waals surface area contributed by atoms with Gasteiger partial charge in [0.05, 0.1) is 16.1 Å². The third-order valence-corrected chi connectivity index (χ3v) is 4.74. The summed E-state index contributed by atoms with van der Waals surface area (Å²) in [4.78, 5) is 22.7. The summed E-state index contributed by atoms with van der Waals surface area (Å²) in [5, 5.41) is 0. The largest absolute Gasteiger partial charge is 0.431 e. The Bertz CT molecular complexity index is 1170. The second kappa shape index (κ2) is 6.46. The molecule has 0 spiro atoms. The number of aromatic nitrogens is 2. The maximum atomic E-state index is 14.2. The topological polar surface area (TPSA) is 78.1 Å². The van der Waals surface area contributed by atoms with Gasteiger partial charge in [0.2, 0.25) is 0 Å². The number of sulfone groups is 1. The molecule has 1 heterocycles. The highest BCUT2D eigenvalue weighted by atomic mass is 32.2. The summed E-state index contributed by atoms with van der Waals surface area (Å²) in [6.45, 7) is 0. The van der Waals surface area contributed by atoms with Gasteiger partial charge in [-0.2, -0.15) is 26.3 Å². The fourth-order valence-electron chi connectivity index (χ4n) is 2.36. The zero-order chi connectivity index (χ0) is 21.8. The molecule has 0 amide bonds. The van der Waals surface area contributed by atoms with Crippen molar-refractivity contribution in [3.8, 4) is 5.69 Å². The van der Waals surface area contributed by atoms with Gasteiger partial charge in [0, 0.05) is 19.4 Å². The Hall–Kier alpha value is -2.64. The highest BCUT2D eigenvalue weighted by Gasteiger charge is 2.38. The molecule has 0 aliphatic rings. The van der Waals surface area contributed by atoms with Crippen LogP contribution in [0.25, 0.3) is 5.69 Å². The summed E-state index contributed by atoms with van der Waals surface area (Å²) >= 11 is 0. The maximum absolute atomic E-state index is 14.2. The van der Waals surface area contributed by atoms with Crippen molar-refractivity contribution in [2.75, 3.05) is 6.26 Å². The lowest BCUT2D eigenvalue weighted by Gasteiger charge is -2.17. The van der Waals surface area contributed by atoms with E-state index >= 15 is 0 Å². The molecule has 0 bridgehead atoms. The van der Waals surface area contributed by atoms with E-state index < -0.39 is 61.1 Å². The molecule has 0 saturated carbocycles. The summed E-state index contributed by atoms with van der Waals surface area (Å²) in [6, 6.07) is -0.253. The molecule has 2 rings (SSSR count). The van der Waals surface area contributed by atoms with E-state index in [2.05, 4.69) is 0 Å². The molecule has 0 fully saturated rings. The second-order valence-electron chi connectivity index (χ2n) is 5.61. The van der Waals surface area contributed by atoms with Crippen molar-refractivity contribution >= 4 is 9.84 Å². The van der Waals surface area contributed by atoms with Crippen molar-refractivity contribution in [3.63, 3.8) is 0 Å². The van der Waals surface area contributed by atoms with Gasteiger partial charge in [-0.1, -0.05) is 0 Å². The van der Waals surface area contributed by atoms with Gasteiger partial charge in [-0.05, 0) is 12.1 Å². The molecule has 0 N–H and O–H groups in total. The summed E-state index contributed by atoms with van der Waals surface area (Å²) in [7, 11) is -4.02. The molecule has 0 aliphatic carbocycles. The van der Waals surface area contributed by atoms with Gasteiger partial charge in [-0.15, -0.1) is 0 Å². The van der Waals surface area contributed by atoms with Gasteiger partial charge < -0.3 is 0 Å². The van der Waals surface area contributed by atoms with E-state index in [0.717, 1.165) is 0 Å². The number of rotatable bonds is 2. The van der Waals surface area contributed by atoms with Crippen LogP contribution in [0.5, 0.6) is 0 Å². The van der Waals surface area contributed by atoms with Crippen molar-refractivity contribution < 1.29 is 39.2 Å². The SMILES string of the molecule is Cn1c(C(F)(F)F)cc(=O)n(-c2cc(S(C)(=O)=O)c(C(F)(F)F)cc2F)c1=O. The van der Waals surface area contributed by atoms with Crippen LogP contribution in [0, 0.1) is 5.82 Å². The molecule has 0 saturated heterocycles.